The topological polar surface area (TPSA) is 41.6 Å². The average Bonchev–Trinajstić information content (AvgIpc) is 2.69. The van der Waals surface area contributed by atoms with Crippen molar-refractivity contribution in [1.29, 1.82) is 0 Å². The highest BCUT2D eigenvalue weighted by Crippen LogP contribution is 2.30. The molecule has 0 fully saturated rings. The van der Waals surface area contributed by atoms with Crippen molar-refractivity contribution in [2.24, 2.45) is 0 Å². The van der Waals surface area contributed by atoms with Gasteiger partial charge in [0.15, 0.2) is 0 Å². The van der Waals surface area contributed by atoms with Gasteiger partial charge >= 0.3 is 6.18 Å². The third-order valence-corrected chi connectivity index (χ3v) is 1.86. The molecule has 1 N–H and O–H groups in total. The molecule has 0 aliphatic carbocycles. The Labute approximate surface area is 83.0 Å². The normalized spacial score (nSPS) is 11.7. The average molecular weight is 213 g/mol. The van der Waals surface area contributed by atoms with Crippen molar-refractivity contribution in [3.63, 3.8) is 0 Å². The van der Waals surface area contributed by atoms with Crippen LogP contribution in [-0.4, -0.2) is 15.2 Å². The Morgan fingerprint density at radius 1 is 1.13 bits per heavy atom. The van der Waals surface area contributed by atoms with E-state index in [0.717, 1.165) is 18.3 Å². The number of rotatable bonds is 1. The SMILES string of the molecule is FC(F)(F)c1ccnc(-c2ccn[nH]2)c1. The predicted molar refractivity (Wildman–Crippen MR) is 46.8 cm³/mol. The molecule has 2 aromatic heterocycles. The van der Waals surface area contributed by atoms with E-state index in [1.807, 2.05) is 0 Å². The van der Waals surface area contributed by atoms with Crippen molar-refractivity contribution in [2.45, 2.75) is 6.18 Å². The van der Waals surface area contributed by atoms with Crippen LogP contribution in [0.4, 0.5) is 13.2 Å². The molecule has 2 aromatic rings. The van der Waals surface area contributed by atoms with E-state index in [9.17, 15) is 13.2 Å². The fourth-order valence-corrected chi connectivity index (χ4v) is 1.15. The van der Waals surface area contributed by atoms with Gasteiger partial charge in [0.25, 0.3) is 0 Å². The Kier molecular flexibility index (Phi) is 2.18. The van der Waals surface area contributed by atoms with Crippen LogP contribution in [-0.2, 0) is 6.18 Å². The van der Waals surface area contributed by atoms with Gasteiger partial charge in [0.2, 0.25) is 0 Å². The molecule has 0 radical (unpaired) electrons. The first kappa shape index (κ1) is 9.70. The van der Waals surface area contributed by atoms with Gasteiger partial charge in [-0.15, -0.1) is 0 Å². The number of nitrogens with zero attached hydrogens (tertiary/aromatic N) is 2. The molecule has 0 saturated heterocycles. The summed E-state index contributed by atoms with van der Waals surface area (Å²) in [5.74, 6) is 0. The van der Waals surface area contributed by atoms with Crippen LogP contribution < -0.4 is 0 Å². The lowest BCUT2D eigenvalue weighted by atomic mass is 10.2. The van der Waals surface area contributed by atoms with Gasteiger partial charge in [-0.1, -0.05) is 0 Å². The summed E-state index contributed by atoms with van der Waals surface area (Å²) in [6.45, 7) is 0. The van der Waals surface area contributed by atoms with Gasteiger partial charge in [0.1, 0.15) is 0 Å². The van der Waals surface area contributed by atoms with Crippen molar-refractivity contribution in [2.75, 3.05) is 0 Å². The second-order valence-electron chi connectivity index (χ2n) is 2.90. The van der Waals surface area contributed by atoms with Crippen molar-refractivity contribution in [1.82, 2.24) is 15.2 Å². The van der Waals surface area contributed by atoms with Gasteiger partial charge < -0.3 is 0 Å². The van der Waals surface area contributed by atoms with E-state index in [4.69, 9.17) is 0 Å². The Morgan fingerprint density at radius 2 is 1.93 bits per heavy atom. The first-order chi connectivity index (χ1) is 7.07. The first-order valence-electron chi connectivity index (χ1n) is 4.10. The minimum atomic E-state index is -4.35. The fourth-order valence-electron chi connectivity index (χ4n) is 1.15. The molecule has 0 spiro atoms. The Bertz CT molecular complexity index is 448. The molecule has 0 amide bonds. The zero-order valence-electron chi connectivity index (χ0n) is 7.42. The molecular formula is C9H6F3N3. The minimum absolute atomic E-state index is 0.224. The van der Waals surface area contributed by atoms with Crippen LogP contribution in [0.15, 0.2) is 30.6 Å². The van der Waals surface area contributed by atoms with Crippen LogP contribution in [0.2, 0.25) is 0 Å². The second kappa shape index (κ2) is 3.38. The Balaban J connectivity index is 2.44. The molecule has 0 unspecified atom stereocenters. The summed E-state index contributed by atoms with van der Waals surface area (Å²) in [7, 11) is 0. The van der Waals surface area contributed by atoms with Gasteiger partial charge in [-0.25, -0.2) is 0 Å². The predicted octanol–water partition coefficient (Wildman–Crippen LogP) is 2.49. The largest absolute Gasteiger partial charge is 0.416 e. The number of halogens is 3. The van der Waals surface area contributed by atoms with Gasteiger partial charge in [-0.05, 0) is 18.2 Å². The lowest BCUT2D eigenvalue weighted by Gasteiger charge is -2.06. The van der Waals surface area contributed by atoms with E-state index in [1.54, 1.807) is 6.07 Å². The summed E-state index contributed by atoms with van der Waals surface area (Å²) in [5, 5.41) is 6.20. The molecule has 0 aliphatic rings. The lowest BCUT2D eigenvalue weighted by molar-refractivity contribution is -0.137. The smallest absolute Gasteiger partial charge is 0.276 e. The van der Waals surface area contributed by atoms with Gasteiger partial charge in [0, 0.05) is 12.4 Å². The molecule has 2 rings (SSSR count). The zero-order chi connectivity index (χ0) is 10.9. The van der Waals surface area contributed by atoms with E-state index >= 15 is 0 Å². The van der Waals surface area contributed by atoms with Crippen molar-refractivity contribution < 1.29 is 13.2 Å². The monoisotopic (exact) mass is 213 g/mol. The maximum absolute atomic E-state index is 12.4. The summed E-state index contributed by atoms with van der Waals surface area (Å²) in [4.78, 5) is 3.82. The van der Waals surface area contributed by atoms with Gasteiger partial charge in [-0.3, -0.25) is 10.1 Å². The highest BCUT2D eigenvalue weighted by atomic mass is 19.4. The number of H-pyrrole nitrogens is 1. The quantitative estimate of drug-likeness (QED) is 0.790. The van der Waals surface area contributed by atoms with E-state index in [-0.39, 0.29) is 5.69 Å². The van der Waals surface area contributed by atoms with Gasteiger partial charge in [-0.2, -0.15) is 18.3 Å². The van der Waals surface area contributed by atoms with Crippen molar-refractivity contribution >= 4 is 0 Å². The highest BCUT2D eigenvalue weighted by Gasteiger charge is 2.30. The summed E-state index contributed by atoms with van der Waals surface area (Å²) < 4.78 is 37.1. The van der Waals surface area contributed by atoms with Crippen LogP contribution >= 0.6 is 0 Å². The maximum atomic E-state index is 12.4. The van der Waals surface area contributed by atoms with Crippen LogP contribution in [0.25, 0.3) is 11.4 Å². The highest BCUT2D eigenvalue weighted by molar-refractivity contribution is 5.54. The summed E-state index contributed by atoms with van der Waals surface area (Å²) >= 11 is 0. The number of aromatic amines is 1. The Hall–Kier alpha value is -1.85. The number of hydrogen-bond donors (Lipinski definition) is 1. The molecule has 78 valence electrons. The molecule has 15 heavy (non-hydrogen) atoms. The van der Waals surface area contributed by atoms with Crippen molar-refractivity contribution in [3.8, 4) is 11.4 Å². The maximum Gasteiger partial charge on any atom is 0.416 e. The number of alkyl halides is 3. The van der Waals surface area contributed by atoms with Crippen LogP contribution in [0.1, 0.15) is 5.56 Å². The van der Waals surface area contributed by atoms with Crippen LogP contribution in [0.3, 0.4) is 0 Å². The summed E-state index contributed by atoms with van der Waals surface area (Å²) in [6, 6.07) is 3.47. The van der Waals surface area contributed by atoms with E-state index < -0.39 is 11.7 Å². The lowest BCUT2D eigenvalue weighted by Crippen LogP contribution is -2.05. The fraction of sp³-hybridized carbons (Fsp3) is 0.111. The minimum Gasteiger partial charge on any atom is -0.276 e. The molecule has 0 saturated carbocycles. The summed E-state index contributed by atoms with van der Waals surface area (Å²) in [5.41, 5.74) is -0.0366. The molecule has 0 bridgehead atoms. The molecular weight excluding hydrogens is 207 g/mol. The molecule has 6 heteroatoms. The van der Waals surface area contributed by atoms with Crippen LogP contribution in [0.5, 0.6) is 0 Å². The second-order valence-corrected chi connectivity index (χ2v) is 2.90. The zero-order valence-corrected chi connectivity index (χ0v) is 7.42. The van der Waals surface area contributed by atoms with E-state index in [0.29, 0.717) is 5.69 Å². The number of aromatic nitrogens is 3. The van der Waals surface area contributed by atoms with Crippen LogP contribution in [0, 0.1) is 0 Å². The molecule has 0 aromatic carbocycles. The third-order valence-electron chi connectivity index (χ3n) is 1.86. The van der Waals surface area contributed by atoms with E-state index in [2.05, 4.69) is 15.2 Å². The Morgan fingerprint density at radius 3 is 2.53 bits per heavy atom. The molecule has 3 nitrogen and oxygen atoms in total. The first-order valence-corrected chi connectivity index (χ1v) is 4.10. The van der Waals surface area contributed by atoms with E-state index in [1.165, 1.54) is 6.20 Å². The van der Waals surface area contributed by atoms with Crippen molar-refractivity contribution in [3.05, 3.63) is 36.2 Å². The molecule has 2 heterocycles. The third kappa shape index (κ3) is 1.98. The van der Waals surface area contributed by atoms with Gasteiger partial charge in [0.05, 0.1) is 17.0 Å². The number of hydrogen-bond acceptors (Lipinski definition) is 2. The molecule has 0 atom stereocenters. The standard InChI is InChI=1S/C9H6F3N3/c10-9(11,12)6-1-3-13-8(5-6)7-2-4-14-15-7/h1-5H,(H,14,15). The number of nitrogens with one attached hydrogen (secondary N) is 1. The number of pyridine rings is 1. The molecule has 0 aliphatic heterocycles. The summed E-state index contributed by atoms with van der Waals surface area (Å²) in [6.07, 6.45) is -1.77.